The normalized spacial score (nSPS) is 16.8. The lowest BCUT2D eigenvalue weighted by atomic mass is 10.1. The predicted molar refractivity (Wildman–Crippen MR) is 215 cm³/mol. The fourth-order valence-electron chi connectivity index (χ4n) is 8.76. The van der Waals surface area contributed by atoms with Crippen LogP contribution in [0.2, 0.25) is 33.2 Å². The fraction of sp³-hybridized carbons (Fsp3) is 0.707. The molecule has 1 saturated heterocycles. The Balaban J connectivity index is 2.09. The molecule has 0 spiro atoms. The number of nitrogens with zero attached hydrogens (tertiary/aromatic N) is 2. The van der Waals surface area contributed by atoms with Crippen LogP contribution in [0.1, 0.15) is 129 Å². The van der Waals surface area contributed by atoms with Crippen molar-refractivity contribution in [3.05, 3.63) is 35.8 Å². The van der Waals surface area contributed by atoms with Gasteiger partial charge in [-0.05, 0) is 73.3 Å². The van der Waals surface area contributed by atoms with Gasteiger partial charge in [0.25, 0.3) is 16.6 Å². The van der Waals surface area contributed by atoms with Crippen LogP contribution >= 0.6 is 0 Å². The molecule has 0 saturated carbocycles. The average molecular weight is 745 g/mol. The third-order valence-corrected chi connectivity index (χ3v) is 22.9. The molecule has 51 heavy (non-hydrogen) atoms. The number of halogens is 1. The lowest BCUT2D eigenvalue weighted by Crippen LogP contribution is -2.51. The van der Waals surface area contributed by atoms with Crippen LogP contribution < -0.4 is 8.85 Å². The third-order valence-electron chi connectivity index (χ3n) is 10.9. The van der Waals surface area contributed by atoms with E-state index in [9.17, 15) is 4.79 Å². The number of rotatable bonds is 14. The summed E-state index contributed by atoms with van der Waals surface area (Å²) in [5, 5.41) is 0.661. The van der Waals surface area contributed by atoms with Crippen molar-refractivity contribution in [2.45, 2.75) is 168 Å². The Morgan fingerprint density at radius 1 is 0.882 bits per heavy atom. The van der Waals surface area contributed by atoms with Gasteiger partial charge >= 0.3 is 6.09 Å². The first-order chi connectivity index (χ1) is 23.7. The lowest BCUT2D eigenvalue weighted by Gasteiger charge is -2.43. The van der Waals surface area contributed by atoms with Crippen LogP contribution in [0.5, 0.6) is 11.5 Å². The molecule has 1 aromatic heterocycles. The molecular formula is C41H69FN2O5Si2. The van der Waals surface area contributed by atoms with Crippen molar-refractivity contribution in [3.63, 3.8) is 0 Å². The van der Waals surface area contributed by atoms with E-state index in [1.54, 1.807) is 11.0 Å². The zero-order valence-corrected chi connectivity index (χ0v) is 36.5. The maximum Gasteiger partial charge on any atom is 0.410 e. The van der Waals surface area contributed by atoms with Crippen LogP contribution in [0.15, 0.2) is 24.4 Å². The van der Waals surface area contributed by atoms with Gasteiger partial charge in [-0.1, -0.05) is 95.2 Å². The summed E-state index contributed by atoms with van der Waals surface area (Å²) in [7, 11) is -4.76. The van der Waals surface area contributed by atoms with Crippen molar-refractivity contribution < 1.29 is 27.5 Å². The summed E-state index contributed by atoms with van der Waals surface area (Å²) in [5.74, 6) is 0.984. The smallest absolute Gasteiger partial charge is 0.410 e. The van der Waals surface area contributed by atoms with E-state index >= 15 is 4.39 Å². The van der Waals surface area contributed by atoms with Gasteiger partial charge in [-0.25, -0.2) is 9.18 Å². The van der Waals surface area contributed by atoms with E-state index in [1.165, 1.54) is 6.20 Å². The second kappa shape index (κ2) is 17.6. The molecule has 7 nitrogen and oxygen atoms in total. The highest BCUT2D eigenvalue weighted by molar-refractivity contribution is 6.79. The average Bonchev–Trinajstić information content (AvgIpc) is 3.25. The summed E-state index contributed by atoms with van der Waals surface area (Å²) in [6.07, 6.45) is 7.23. The molecule has 1 amide bonds. The van der Waals surface area contributed by atoms with Gasteiger partial charge in [0.05, 0.1) is 36.4 Å². The molecular weight excluding hydrogens is 676 g/mol. The molecule has 0 N–H and O–H groups in total. The number of ether oxygens (including phenoxy) is 2. The zero-order chi connectivity index (χ0) is 38.5. The number of amides is 1. The molecule has 0 radical (unpaired) electrons. The minimum atomic E-state index is -2.46. The number of benzene rings is 1. The molecule has 288 valence electrons. The van der Waals surface area contributed by atoms with Crippen molar-refractivity contribution in [2.75, 3.05) is 19.7 Å². The van der Waals surface area contributed by atoms with E-state index in [2.05, 4.69) is 88.1 Å². The molecule has 2 aromatic rings. The molecule has 10 heteroatoms. The van der Waals surface area contributed by atoms with Gasteiger partial charge in [0.15, 0.2) is 0 Å². The second-order valence-corrected chi connectivity index (χ2v) is 28.2. The van der Waals surface area contributed by atoms with Crippen LogP contribution in [0.4, 0.5) is 9.18 Å². The van der Waals surface area contributed by atoms with Gasteiger partial charge in [-0.15, -0.1) is 0 Å². The number of aromatic nitrogens is 1. The Hall–Kier alpha value is -2.44. The summed E-state index contributed by atoms with van der Waals surface area (Å²) >= 11 is 0. The van der Waals surface area contributed by atoms with E-state index in [0.29, 0.717) is 68.6 Å². The van der Waals surface area contributed by atoms with E-state index < -0.39 is 28.1 Å². The van der Waals surface area contributed by atoms with Gasteiger partial charge < -0.3 is 23.2 Å². The minimum Gasteiger partial charge on any atom is -0.543 e. The van der Waals surface area contributed by atoms with E-state index in [-0.39, 0.29) is 18.8 Å². The summed E-state index contributed by atoms with van der Waals surface area (Å²) in [4.78, 5) is 19.2. The molecule has 2 heterocycles. The number of likely N-dealkylation sites (tertiary alicyclic amines) is 1. The number of carbonyl (C=O) groups is 1. The Kier molecular flexibility index (Phi) is 14.8. The third kappa shape index (κ3) is 9.96. The number of hydrogen-bond acceptors (Lipinski definition) is 6. The summed E-state index contributed by atoms with van der Waals surface area (Å²) < 4.78 is 42.4. The molecule has 0 aliphatic carbocycles. The standard InChI is InChI=1S/C41H69FN2O5Si2/c1-27(2)50(28(3)4,29(5)6)48-34-23-37-39(38(24-34)49-51(30(7)8,31(9)10)32(11)12)35(36(42)25-43-37)20-18-22-46-33-19-16-17-21-44(26-33)40(45)47-41(13,14)15/h18,20,23-25,27-33H,16-17,19,21-22,26H2,1-15H3/b20-18+/t33-/m1/s1. The van der Waals surface area contributed by atoms with Crippen LogP contribution in [0.3, 0.4) is 0 Å². The molecule has 1 aromatic carbocycles. The quantitative estimate of drug-likeness (QED) is 0.179. The maximum atomic E-state index is 15.9. The van der Waals surface area contributed by atoms with Gasteiger partial charge in [-0.2, -0.15) is 0 Å². The Morgan fingerprint density at radius 2 is 1.43 bits per heavy atom. The first kappa shape index (κ1) is 43.0. The first-order valence-electron chi connectivity index (χ1n) is 19.4. The zero-order valence-electron chi connectivity index (χ0n) is 34.5. The minimum absolute atomic E-state index is 0.135. The number of hydrogen-bond donors (Lipinski definition) is 0. The highest BCUT2D eigenvalue weighted by Crippen LogP contribution is 2.48. The molecule has 1 aliphatic heterocycles. The van der Waals surface area contributed by atoms with Crippen molar-refractivity contribution in [1.82, 2.24) is 9.88 Å². The summed E-state index contributed by atoms with van der Waals surface area (Å²) in [5.41, 5.74) is 2.65. The molecule has 1 fully saturated rings. The number of carbonyl (C=O) groups excluding carboxylic acids is 1. The van der Waals surface area contributed by atoms with E-state index in [1.807, 2.05) is 39.0 Å². The van der Waals surface area contributed by atoms with Crippen LogP contribution in [-0.4, -0.2) is 64.0 Å². The summed E-state index contributed by atoms with van der Waals surface area (Å²) in [6, 6.07) is 4.00. The highest BCUT2D eigenvalue weighted by Gasteiger charge is 2.49. The van der Waals surface area contributed by atoms with Gasteiger partial charge in [0, 0.05) is 24.2 Å². The predicted octanol–water partition coefficient (Wildman–Crippen LogP) is 12.3. The molecule has 0 unspecified atom stereocenters. The van der Waals surface area contributed by atoms with Crippen LogP contribution in [0, 0.1) is 5.82 Å². The van der Waals surface area contributed by atoms with Crippen LogP contribution in [0.25, 0.3) is 17.0 Å². The largest absolute Gasteiger partial charge is 0.543 e. The van der Waals surface area contributed by atoms with Gasteiger partial charge in [0.1, 0.15) is 22.9 Å². The van der Waals surface area contributed by atoms with E-state index in [4.69, 9.17) is 18.3 Å². The number of pyridine rings is 1. The second-order valence-electron chi connectivity index (χ2n) is 17.5. The SMILES string of the molecule is CC(C)[Si](Oc1cc(O[Si](C(C)C)(C(C)C)C(C)C)c2c(/C=C/CO[C@@H]3CCCCN(C(=O)OC(C)(C)C)C3)c(F)cnc2c1)(C(C)C)C(C)C. The molecule has 1 atom stereocenters. The van der Waals surface area contributed by atoms with Crippen molar-refractivity contribution in [2.24, 2.45) is 0 Å². The van der Waals surface area contributed by atoms with Crippen molar-refractivity contribution >= 4 is 39.7 Å². The Morgan fingerprint density at radius 3 is 1.96 bits per heavy atom. The van der Waals surface area contributed by atoms with Gasteiger partial charge in [0.2, 0.25) is 0 Å². The van der Waals surface area contributed by atoms with Gasteiger partial charge in [-0.3, -0.25) is 4.98 Å². The van der Waals surface area contributed by atoms with Crippen molar-refractivity contribution in [3.8, 4) is 11.5 Å². The maximum absolute atomic E-state index is 15.9. The van der Waals surface area contributed by atoms with Crippen molar-refractivity contribution in [1.29, 1.82) is 0 Å². The first-order valence-corrected chi connectivity index (χ1v) is 23.7. The monoisotopic (exact) mass is 744 g/mol. The summed E-state index contributed by atoms with van der Waals surface area (Å²) in [6.45, 7) is 34.3. The molecule has 0 bridgehead atoms. The van der Waals surface area contributed by atoms with Crippen LogP contribution in [-0.2, 0) is 9.47 Å². The lowest BCUT2D eigenvalue weighted by molar-refractivity contribution is 0.00671. The van der Waals surface area contributed by atoms with E-state index in [0.717, 1.165) is 25.0 Å². The number of fused-ring (bicyclic) bond motifs is 1. The molecule has 3 rings (SSSR count). The topological polar surface area (TPSA) is 70.1 Å². The Bertz CT molecular complexity index is 1440. The fourth-order valence-corrected chi connectivity index (χ4v) is 19.2. The Labute approximate surface area is 311 Å². The molecule has 1 aliphatic rings. The highest BCUT2D eigenvalue weighted by atomic mass is 28.4.